The number of hydrogen-bond acceptors (Lipinski definition) is 11. The monoisotopic (exact) mass is 739 g/mol. The maximum atomic E-state index is 13.4. The highest BCUT2D eigenvalue weighted by atomic mass is 79.9. The molecule has 248 valence electrons. The maximum Gasteiger partial charge on any atom is 0.229 e. The molecule has 14 heteroatoms. The minimum Gasteiger partial charge on any atom is -0.489 e. The first kappa shape index (κ1) is 32.5. The molecule has 0 radical (unpaired) electrons. The summed E-state index contributed by atoms with van der Waals surface area (Å²) >= 11 is 10.5. The molecule has 0 spiro atoms. The lowest BCUT2D eigenvalue weighted by molar-refractivity contribution is 0.0692. The molecule has 0 saturated carbocycles. The molecule has 2 aromatic carbocycles. The predicted molar refractivity (Wildman–Crippen MR) is 194 cm³/mol. The fourth-order valence-corrected chi connectivity index (χ4v) is 9.08. The quantitative estimate of drug-likeness (QED) is 0.208. The van der Waals surface area contributed by atoms with Gasteiger partial charge in [0.2, 0.25) is 5.95 Å². The van der Waals surface area contributed by atoms with E-state index in [1.54, 1.807) is 31.9 Å². The third kappa shape index (κ3) is 6.68. The summed E-state index contributed by atoms with van der Waals surface area (Å²) in [5, 5.41) is 7.91. The largest absolute Gasteiger partial charge is 0.489 e. The number of likely N-dealkylation sites (tertiary alicyclic amines) is 1. The summed E-state index contributed by atoms with van der Waals surface area (Å²) < 4.78 is 20.4. The van der Waals surface area contributed by atoms with E-state index < -0.39 is 7.14 Å². The number of fused-ring (bicyclic) bond motifs is 4. The van der Waals surface area contributed by atoms with Gasteiger partial charge in [0.05, 0.1) is 37.7 Å². The van der Waals surface area contributed by atoms with Gasteiger partial charge in [-0.05, 0) is 87.2 Å². The summed E-state index contributed by atoms with van der Waals surface area (Å²) in [7, 11) is -2.74. The van der Waals surface area contributed by atoms with Gasteiger partial charge in [-0.3, -0.25) is 14.9 Å². The summed E-state index contributed by atoms with van der Waals surface area (Å²) in [6.45, 7) is 13.9. The Hall–Kier alpha value is -3.02. The SMILES string of the molecule is CC(C)N1CCC(N2CCN3c4c(Cl)cc(Nc5ncc(Br)c(Nc6ccc7nccnc7c6P(C)(C)=O)n5)cc4OC[C@H]3C2)CC1. The highest BCUT2D eigenvalue weighted by Gasteiger charge is 2.37. The van der Waals surface area contributed by atoms with E-state index in [9.17, 15) is 4.57 Å². The van der Waals surface area contributed by atoms with Crippen molar-refractivity contribution in [3.8, 4) is 5.75 Å². The fraction of sp³-hybridized carbons (Fsp3) is 0.455. The standard InChI is InChI=1S/C33H40BrClN9O2P/c1-20(2)42-11-7-22(8-12-42)43-13-14-44-23(18-43)19-46-28-16-21(15-25(35)30(28)44)39-33-38-17-24(34)32(41-33)40-27-6-5-26-29(37-10-9-36-26)31(27)47(3,4)45/h5-6,9-10,15-17,20,22-23H,7-8,11-14,18-19H2,1-4H3,(H2,38,39,40,41)/t23-/m1/s1. The van der Waals surface area contributed by atoms with Crippen LogP contribution in [-0.2, 0) is 4.57 Å². The Bertz CT molecular complexity index is 1850. The van der Waals surface area contributed by atoms with Crippen molar-refractivity contribution >= 4 is 79.8 Å². The number of aromatic nitrogens is 4. The van der Waals surface area contributed by atoms with Crippen LogP contribution in [0.2, 0.25) is 5.02 Å². The van der Waals surface area contributed by atoms with Crippen molar-refractivity contribution in [1.29, 1.82) is 0 Å². The van der Waals surface area contributed by atoms with Crippen LogP contribution in [0.3, 0.4) is 0 Å². The summed E-state index contributed by atoms with van der Waals surface area (Å²) in [5.41, 5.74) is 3.62. The Kier molecular flexibility index (Phi) is 9.08. The molecule has 2 saturated heterocycles. The zero-order valence-corrected chi connectivity index (χ0v) is 30.3. The van der Waals surface area contributed by atoms with Gasteiger partial charge in [-0.2, -0.15) is 4.98 Å². The zero-order chi connectivity index (χ0) is 32.9. The maximum absolute atomic E-state index is 13.4. The van der Waals surface area contributed by atoms with Crippen LogP contribution < -0.4 is 25.6 Å². The van der Waals surface area contributed by atoms with Crippen LogP contribution in [0.1, 0.15) is 26.7 Å². The third-order valence-corrected chi connectivity index (χ3v) is 11.8. The Morgan fingerprint density at radius 1 is 1.02 bits per heavy atom. The lowest BCUT2D eigenvalue weighted by Crippen LogP contribution is -2.60. The second kappa shape index (κ2) is 13.1. The molecule has 3 aliphatic heterocycles. The summed E-state index contributed by atoms with van der Waals surface area (Å²) in [5.74, 6) is 1.64. The summed E-state index contributed by atoms with van der Waals surface area (Å²) in [4.78, 5) is 25.8. The first-order chi connectivity index (χ1) is 22.5. The van der Waals surface area contributed by atoms with Gasteiger partial charge in [-0.25, -0.2) is 4.98 Å². The van der Waals surface area contributed by atoms with E-state index in [0.29, 0.717) is 62.0 Å². The second-order valence-electron chi connectivity index (χ2n) is 13.2. The highest BCUT2D eigenvalue weighted by molar-refractivity contribution is 9.10. The molecule has 4 aromatic rings. The number of piperazine rings is 1. The number of rotatable bonds is 7. The molecule has 2 N–H and O–H groups in total. The minimum atomic E-state index is -2.74. The molecule has 0 amide bonds. The smallest absolute Gasteiger partial charge is 0.229 e. The first-order valence-electron chi connectivity index (χ1n) is 16.1. The van der Waals surface area contributed by atoms with E-state index >= 15 is 0 Å². The molecule has 0 unspecified atom stereocenters. The third-order valence-electron chi connectivity index (χ3n) is 9.41. The van der Waals surface area contributed by atoms with E-state index in [1.165, 1.54) is 25.9 Å². The molecule has 11 nitrogen and oxygen atoms in total. The molecule has 3 aliphatic rings. The van der Waals surface area contributed by atoms with Gasteiger partial charge in [0.25, 0.3) is 0 Å². The number of ether oxygens (including phenoxy) is 1. The van der Waals surface area contributed by atoms with E-state index in [1.807, 2.05) is 24.3 Å². The van der Waals surface area contributed by atoms with Gasteiger partial charge in [-0.15, -0.1) is 0 Å². The van der Waals surface area contributed by atoms with Crippen molar-refractivity contribution in [3.63, 3.8) is 0 Å². The predicted octanol–water partition coefficient (Wildman–Crippen LogP) is 6.33. The molecular formula is C33H40BrClN9O2P. The molecule has 0 bridgehead atoms. The number of hydrogen-bond donors (Lipinski definition) is 2. The van der Waals surface area contributed by atoms with E-state index in [0.717, 1.165) is 36.8 Å². The molecule has 2 fully saturated rings. The number of nitrogens with one attached hydrogen (secondary N) is 2. The Balaban J connectivity index is 1.07. The van der Waals surface area contributed by atoms with Gasteiger partial charge < -0.3 is 29.7 Å². The minimum absolute atomic E-state index is 0.270. The van der Waals surface area contributed by atoms with E-state index in [-0.39, 0.29) is 6.04 Å². The van der Waals surface area contributed by atoms with Crippen molar-refractivity contribution in [2.45, 2.75) is 44.8 Å². The lowest BCUT2D eigenvalue weighted by atomic mass is 9.99. The molecule has 1 atom stereocenters. The lowest BCUT2D eigenvalue weighted by Gasteiger charge is -2.49. The number of piperidine rings is 1. The van der Waals surface area contributed by atoms with Crippen molar-refractivity contribution < 1.29 is 9.30 Å². The Morgan fingerprint density at radius 2 is 1.81 bits per heavy atom. The Morgan fingerprint density at radius 3 is 2.57 bits per heavy atom. The van der Waals surface area contributed by atoms with Crippen LogP contribution in [0.5, 0.6) is 5.75 Å². The van der Waals surface area contributed by atoms with Gasteiger partial charge in [0, 0.05) is 62.1 Å². The number of benzene rings is 2. The van der Waals surface area contributed by atoms with E-state index in [4.69, 9.17) is 21.3 Å². The molecule has 0 aliphatic carbocycles. The summed E-state index contributed by atoms with van der Waals surface area (Å²) in [6, 6.07) is 9.11. The van der Waals surface area contributed by atoms with Gasteiger partial charge in [0.1, 0.15) is 30.8 Å². The van der Waals surface area contributed by atoms with Crippen LogP contribution >= 0.6 is 34.7 Å². The molecule has 7 rings (SSSR count). The van der Waals surface area contributed by atoms with Gasteiger partial charge >= 0.3 is 0 Å². The van der Waals surface area contributed by atoms with Crippen LogP contribution in [-0.4, -0.2) is 101 Å². The topological polar surface area (TPSA) is 112 Å². The van der Waals surface area contributed by atoms with Crippen LogP contribution in [0.15, 0.2) is 47.3 Å². The molecular weight excluding hydrogens is 701 g/mol. The highest BCUT2D eigenvalue weighted by Crippen LogP contribution is 2.44. The van der Waals surface area contributed by atoms with Gasteiger partial charge in [-0.1, -0.05) is 11.6 Å². The molecule has 2 aromatic heterocycles. The second-order valence-corrected chi connectivity index (χ2v) is 17.6. The average molecular weight is 741 g/mol. The molecule has 5 heterocycles. The average Bonchev–Trinajstić information content (AvgIpc) is 3.05. The number of halogens is 2. The van der Waals surface area contributed by atoms with Crippen molar-refractivity contribution in [1.82, 2.24) is 29.7 Å². The van der Waals surface area contributed by atoms with Crippen LogP contribution in [0.4, 0.5) is 28.8 Å². The van der Waals surface area contributed by atoms with Crippen LogP contribution in [0, 0.1) is 0 Å². The van der Waals surface area contributed by atoms with Crippen molar-refractivity contribution in [2.24, 2.45) is 0 Å². The summed E-state index contributed by atoms with van der Waals surface area (Å²) in [6.07, 6.45) is 7.36. The molecule has 47 heavy (non-hydrogen) atoms. The Labute approximate surface area is 289 Å². The van der Waals surface area contributed by atoms with Crippen molar-refractivity contribution in [2.75, 3.05) is 68.2 Å². The van der Waals surface area contributed by atoms with Gasteiger partial charge in [0.15, 0.2) is 0 Å². The zero-order valence-electron chi connectivity index (χ0n) is 27.1. The first-order valence-corrected chi connectivity index (χ1v) is 19.9. The van der Waals surface area contributed by atoms with Crippen molar-refractivity contribution in [3.05, 3.63) is 52.4 Å². The van der Waals surface area contributed by atoms with E-state index in [2.05, 4.69) is 70.1 Å². The van der Waals surface area contributed by atoms with Crippen LogP contribution in [0.25, 0.3) is 11.0 Å². The normalized spacial score (nSPS) is 19.4. The fourth-order valence-electron chi connectivity index (χ4n) is 7.08. The number of nitrogens with zero attached hydrogens (tertiary/aromatic N) is 7. The number of anilines is 5.